The molecular formula is C23H27N3O3. The molecule has 0 unspecified atom stereocenters. The molecule has 6 nitrogen and oxygen atoms in total. The largest absolute Gasteiger partial charge is 0.489 e. The molecule has 0 aliphatic carbocycles. The minimum absolute atomic E-state index is 0.0699. The van der Waals surface area contributed by atoms with Crippen LogP contribution in [0.5, 0.6) is 5.75 Å². The Hall–Kier alpha value is -3.28. The van der Waals surface area contributed by atoms with E-state index in [-0.39, 0.29) is 18.4 Å². The summed E-state index contributed by atoms with van der Waals surface area (Å²) >= 11 is 0. The summed E-state index contributed by atoms with van der Waals surface area (Å²) in [6.45, 7) is 7.92. The summed E-state index contributed by atoms with van der Waals surface area (Å²) in [5.41, 5.74) is 3.06. The van der Waals surface area contributed by atoms with Gasteiger partial charge < -0.3 is 20.3 Å². The zero-order valence-electron chi connectivity index (χ0n) is 16.7. The van der Waals surface area contributed by atoms with Crippen molar-refractivity contribution < 1.29 is 14.3 Å². The molecule has 0 radical (unpaired) electrons. The third kappa shape index (κ3) is 6.10. The fraction of sp³-hybridized carbons (Fsp3) is 0.304. The second-order valence-corrected chi connectivity index (χ2v) is 7.25. The molecule has 0 saturated carbocycles. The van der Waals surface area contributed by atoms with Crippen molar-refractivity contribution in [1.82, 2.24) is 4.90 Å². The van der Waals surface area contributed by atoms with Crippen molar-refractivity contribution in [2.24, 2.45) is 0 Å². The maximum atomic E-state index is 12.4. The first kappa shape index (κ1) is 20.5. The van der Waals surface area contributed by atoms with E-state index in [2.05, 4.69) is 17.2 Å². The van der Waals surface area contributed by atoms with E-state index in [0.717, 1.165) is 37.2 Å². The van der Waals surface area contributed by atoms with Crippen LogP contribution in [0.1, 0.15) is 30.1 Å². The van der Waals surface area contributed by atoms with Crippen molar-refractivity contribution in [3.05, 3.63) is 66.2 Å². The Labute approximate surface area is 171 Å². The van der Waals surface area contributed by atoms with E-state index in [4.69, 9.17) is 4.74 Å². The Balaban J connectivity index is 1.48. The van der Waals surface area contributed by atoms with Crippen LogP contribution < -0.4 is 15.4 Å². The highest BCUT2D eigenvalue weighted by molar-refractivity contribution is 5.95. The molecule has 1 fully saturated rings. The van der Waals surface area contributed by atoms with Gasteiger partial charge >= 0.3 is 0 Å². The minimum atomic E-state index is -0.167. The lowest BCUT2D eigenvalue weighted by atomic mass is 10.2. The van der Waals surface area contributed by atoms with Gasteiger partial charge in [0.1, 0.15) is 12.4 Å². The van der Waals surface area contributed by atoms with Crippen LogP contribution in [0.25, 0.3) is 0 Å². The lowest BCUT2D eigenvalue weighted by Crippen LogP contribution is -2.27. The molecule has 2 aromatic carbocycles. The van der Waals surface area contributed by atoms with Crippen molar-refractivity contribution in [3.63, 3.8) is 0 Å². The Morgan fingerprint density at radius 1 is 1.07 bits per heavy atom. The molecule has 29 heavy (non-hydrogen) atoms. The number of amides is 2. The monoisotopic (exact) mass is 393 g/mol. The first-order valence-corrected chi connectivity index (χ1v) is 9.81. The quantitative estimate of drug-likeness (QED) is 0.667. The molecule has 0 spiro atoms. The predicted molar refractivity (Wildman–Crippen MR) is 115 cm³/mol. The van der Waals surface area contributed by atoms with Gasteiger partial charge in [0.2, 0.25) is 5.91 Å². The van der Waals surface area contributed by atoms with Gasteiger partial charge in [-0.25, -0.2) is 0 Å². The van der Waals surface area contributed by atoms with Gasteiger partial charge in [-0.05, 0) is 61.7 Å². The number of carbonyl (C=O) groups is 2. The minimum Gasteiger partial charge on any atom is -0.489 e. The number of benzene rings is 2. The summed E-state index contributed by atoms with van der Waals surface area (Å²) in [5, 5.41) is 5.92. The molecule has 152 valence electrons. The summed E-state index contributed by atoms with van der Waals surface area (Å²) in [6.07, 6.45) is 2.15. The lowest BCUT2D eigenvalue weighted by molar-refractivity contribution is -0.114. The van der Waals surface area contributed by atoms with Gasteiger partial charge in [0.05, 0.1) is 6.54 Å². The van der Waals surface area contributed by atoms with Crippen molar-refractivity contribution in [2.75, 3.05) is 36.9 Å². The molecule has 1 heterocycles. The lowest BCUT2D eigenvalue weighted by Gasteiger charge is -2.15. The molecule has 2 amide bonds. The topological polar surface area (TPSA) is 70.7 Å². The van der Waals surface area contributed by atoms with Gasteiger partial charge in [-0.15, -0.1) is 0 Å². The van der Waals surface area contributed by atoms with Gasteiger partial charge in [-0.1, -0.05) is 12.6 Å². The fourth-order valence-corrected chi connectivity index (χ4v) is 3.09. The maximum absolute atomic E-state index is 12.4. The molecule has 1 aliphatic heterocycles. The number of hydrogen-bond acceptors (Lipinski definition) is 4. The van der Waals surface area contributed by atoms with Crippen LogP contribution in [0.4, 0.5) is 11.4 Å². The van der Waals surface area contributed by atoms with Crippen molar-refractivity contribution in [3.8, 4) is 5.75 Å². The summed E-state index contributed by atoms with van der Waals surface area (Å²) in [7, 11) is 0. The maximum Gasteiger partial charge on any atom is 0.253 e. The number of ether oxygens (including phenoxy) is 1. The highest BCUT2D eigenvalue weighted by Gasteiger charge is 2.19. The molecule has 0 aromatic heterocycles. The predicted octanol–water partition coefficient (Wildman–Crippen LogP) is 3.93. The van der Waals surface area contributed by atoms with E-state index in [1.54, 1.807) is 18.2 Å². The second-order valence-electron chi connectivity index (χ2n) is 7.25. The number of nitrogens with zero attached hydrogens (tertiary/aromatic N) is 1. The van der Waals surface area contributed by atoms with Gasteiger partial charge in [-0.2, -0.15) is 0 Å². The summed E-state index contributed by atoms with van der Waals surface area (Å²) in [6, 6.07) is 14.5. The average Bonchev–Trinajstić information content (AvgIpc) is 3.26. The van der Waals surface area contributed by atoms with Crippen molar-refractivity contribution in [1.29, 1.82) is 0 Å². The average molecular weight is 393 g/mol. The first-order valence-electron chi connectivity index (χ1n) is 9.81. The molecule has 1 saturated heterocycles. The highest BCUT2D eigenvalue weighted by atomic mass is 16.5. The number of hydrogen-bond donors (Lipinski definition) is 2. The van der Waals surface area contributed by atoms with Crippen LogP contribution in [0.2, 0.25) is 0 Å². The van der Waals surface area contributed by atoms with Crippen LogP contribution in [0.15, 0.2) is 60.7 Å². The van der Waals surface area contributed by atoms with E-state index in [9.17, 15) is 9.59 Å². The number of carbonyl (C=O) groups excluding carboxylic acids is 2. The van der Waals surface area contributed by atoms with E-state index >= 15 is 0 Å². The number of rotatable bonds is 8. The summed E-state index contributed by atoms with van der Waals surface area (Å²) in [4.78, 5) is 26.5. The van der Waals surface area contributed by atoms with E-state index < -0.39 is 0 Å². The third-order valence-electron chi connectivity index (χ3n) is 4.58. The summed E-state index contributed by atoms with van der Waals surface area (Å²) < 4.78 is 5.59. The van der Waals surface area contributed by atoms with Crippen LogP contribution in [-0.4, -0.2) is 43.0 Å². The standard InChI is InChI=1S/C23H27N3O3/c1-17(2)16-29-21-7-5-6-20(14-21)25-22(27)15-24-19-10-8-18(9-11-19)23(28)26-12-3-4-13-26/h5-11,14,24H,1,3-4,12-13,15-16H2,2H3,(H,25,27). The zero-order valence-corrected chi connectivity index (χ0v) is 16.7. The zero-order chi connectivity index (χ0) is 20.6. The van der Waals surface area contributed by atoms with Crippen LogP contribution in [-0.2, 0) is 4.79 Å². The SMILES string of the molecule is C=C(C)COc1cccc(NC(=O)CNc2ccc(C(=O)N3CCCC3)cc2)c1. The molecule has 2 aromatic rings. The number of likely N-dealkylation sites (tertiary alicyclic amines) is 1. The molecular weight excluding hydrogens is 366 g/mol. The highest BCUT2D eigenvalue weighted by Crippen LogP contribution is 2.18. The number of anilines is 2. The van der Waals surface area contributed by atoms with Crippen LogP contribution in [0, 0.1) is 0 Å². The Morgan fingerprint density at radius 2 is 1.79 bits per heavy atom. The normalized spacial score (nSPS) is 13.1. The van der Waals surface area contributed by atoms with Gasteiger partial charge in [0.25, 0.3) is 5.91 Å². The second kappa shape index (κ2) is 9.78. The third-order valence-corrected chi connectivity index (χ3v) is 4.58. The number of nitrogens with one attached hydrogen (secondary N) is 2. The van der Waals surface area contributed by atoms with E-state index in [1.165, 1.54) is 0 Å². The molecule has 2 N–H and O–H groups in total. The molecule has 0 bridgehead atoms. The summed E-state index contributed by atoms with van der Waals surface area (Å²) in [5.74, 6) is 0.580. The van der Waals surface area contributed by atoms with E-state index in [1.807, 2.05) is 42.2 Å². The van der Waals surface area contributed by atoms with E-state index in [0.29, 0.717) is 23.6 Å². The fourth-order valence-electron chi connectivity index (χ4n) is 3.09. The smallest absolute Gasteiger partial charge is 0.253 e. The van der Waals surface area contributed by atoms with Crippen molar-refractivity contribution >= 4 is 23.2 Å². The van der Waals surface area contributed by atoms with Crippen LogP contribution in [0.3, 0.4) is 0 Å². The molecule has 1 aliphatic rings. The van der Waals surface area contributed by atoms with Gasteiger partial charge in [0.15, 0.2) is 0 Å². The Bertz CT molecular complexity index is 871. The van der Waals surface area contributed by atoms with Gasteiger partial charge in [0, 0.05) is 36.1 Å². The Kier molecular flexibility index (Phi) is 6.89. The van der Waals surface area contributed by atoms with Gasteiger partial charge in [-0.3, -0.25) is 9.59 Å². The molecule has 0 atom stereocenters. The van der Waals surface area contributed by atoms with Crippen LogP contribution >= 0.6 is 0 Å². The Morgan fingerprint density at radius 3 is 2.48 bits per heavy atom. The van der Waals surface area contributed by atoms with Crippen molar-refractivity contribution in [2.45, 2.75) is 19.8 Å². The molecule has 3 rings (SSSR count). The first-order chi connectivity index (χ1) is 14.0. The molecule has 6 heteroatoms.